The number of carbonyl (C=O) groups is 1. The zero-order valence-electron chi connectivity index (χ0n) is 16.1. The van der Waals surface area contributed by atoms with E-state index in [-0.39, 0.29) is 11.2 Å². The van der Waals surface area contributed by atoms with Crippen LogP contribution in [0.4, 0.5) is 5.69 Å². The summed E-state index contributed by atoms with van der Waals surface area (Å²) in [5.41, 5.74) is 6.23. The summed E-state index contributed by atoms with van der Waals surface area (Å²) in [5.74, 6) is -0.0802. The largest absolute Gasteiger partial charge is 0.325 e. The van der Waals surface area contributed by atoms with Crippen LogP contribution in [-0.2, 0) is 4.79 Å². The van der Waals surface area contributed by atoms with Gasteiger partial charge in [0.2, 0.25) is 11.1 Å². The van der Waals surface area contributed by atoms with E-state index in [2.05, 4.69) is 34.7 Å². The molecule has 27 heavy (non-hydrogen) atoms. The molecule has 0 spiro atoms. The first kappa shape index (κ1) is 19.1. The zero-order chi connectivity index (χ0) is 19.6. The molecule has 1 heterocycles. The van der Waals surface area contributed by atoms with Crippen molar-refractivity contribution in [1.29, 1.82) is 0 Å². The molecular weight excluding hydrogens is 358 g/mol. The number of hydrogen-bond acceptors (Lipinski definition) is 5. The van der Waals surface area contributed by atoms with E-state index in [4.69, 9.17) is 0 Å². The molecule has 1 N–H and O–H groups in total. The number of nitrogens with zero attached hydrogens (tertiary/aromatic N) is 4. The Labute approximate surface area is 163 Å². The number of thioether (sulfide) groups is 1. The lowest BCUT2D eigenvalue weighted by molar-refractivity contribution is -0.115. The molecule has 0 aliphatic heterocycles. The number of tetrazole rings is 1. The summed E-state index contributed by atoms with van der Waals surface area (Å²) in [7, 11) is 0. The average Bonchev–Trinajstić information content (AvgIpc) is 3.08. The molecule has 7 heteroatoms. The van der Waals surface area contributed by atoms with Gasteiger partial charge in [-0.05, 0) is 85.5 Å². The van der Waals surface area contributed by atoms with Gasteiger partial charge in [0, 0.05) is 5.69 Å². The van der Waals surface area contributed by atoms with Crippen molar-refractivity contribution < 1.29 is 4.79 Å². The Hall–Kier alpha value is -2.67. The lowest BCUT2D eigenvalue weighted by Gasteiger charge is -2.14. The molecule has 3 rings (SSSR count). The highest BCUT2D eigenvalue weighted by Gasteiger charge is 2.20. The molecule has 1 aromatic heterocycles. The van der Waals surface area contributed by atoms with Crippen molar-refractivity contribution in [2.24, 2.45) is 0 Å². The molecule has 0 saturated carbocycles. The summed E-state index contributed by atoms with van der Waals surface area (Å²) < 4.78 is 1.67. The minimum absolute atomic E-state index is 0.0802. The first-order chi connectivity index (χ1) is 12.8. The first-order valence-electron chi connectivity index (χ1n) is 8.76. The second-order valence-electron chi connectivity index (χ2n) is 6.71. The van der Waals surface area contributed by atoms with Gasteiger partial charge in [-0.15, -0.1) is 5.10 Å². The summed E-state index contributed by atoms with van der Waals surface area (Å²) in [6.45, 7) is 9.95. The highest BCUT2D eigenvalue weighted by Crippen LogP contribution is 2.25. The van der Waals surface area contributed by atoms with Crippen LogP contribution in [0.2, 0.25) is 0 Å². The van der Waals surface area contributed by atoms with Crippen LogP contribution < -0.4 is 5.32 Å². The highest BCUT2D eigenvalue weighted by atomic mass is 32.2. The third-order valence-corrected chi connectivity index (χ3v) is 5.51. The molecule has 2 aromatic carbocycles. The maximum Gasteiger partial charge on any atom is 0.237 e. The van der Waals surface area contributed by atoms with Gasteiger partial charge in [-0.3, -0.25) is 4.79 Å². The van der Waals surface area contributed by atoms with E-state index in [0.29, 0.717) is 5.16 Å². The lowest BCUT2D eigenvalue weighted by atomic mass is 10.1. The molecular formula is C20H23N5OS. The monoisotopic (exact) mass is 381 g/mol. The fourth-order valence-corrected chi connectivity index (χ4v) is 3.40. The number of nitrogens with one attached hydrogen (secondary N) is 1. The third kappa shape index (κ3) is 4.36. The van der Waals surface area contributed by atoms with Gasteiger partial charge < -0.3 is 5.32 Å². The van der Waals surface area contributed by atoms with Crippen LogP contribution >= 0.6 is 11.8 Å². The summed E-state index contributed by atoms with van der Waals surface area (Å²) >= 11 is 1.33. The second-order valence-corrected chi connectivity index (χ2v) is 8.02. The Kier molecular flexibility index (Phi) is 5.60. The maximum atomic E-state index is 12.6. The lowest BCUT2D eigenvalue weighted by Crippen LogP contribution is -2.23. The normalized spacial score (nSPS) is 12.0. The van der Waals surface area contributed by atoms with Crippen LogP contribution in [-0.4, -0.2) is 31.4 Å². The van der Waals surface area contributed by atoms with Crippen molar-refractivity contribution >= 4 is 23.4 Å². The molecule has 6 nitrogen and oxygen atoms in total. The Morgan fingerprint density at radius 1 is 1.04 bits per heavy atom. The standard InChI is InChI=1S/C20H23N5OS/c1-12-6-7-14(3)18(10-12)21-19(26)16(5)27-20-22-23-24-25(20)17-9-8-13(2)15(4)11-17/h6-11,16H,1-5H3,(H,21,26). The SMILES string of the molecule is Cc1ccc(C)c(NC(=O)C(C)Sc2nnnn2-c2ccc(C)c(C)c2)c1. The Morgan fingerprint density at radius 2 is 1.78 bits per heavy atom. The van der Waals surface area contributed by atoms with Crippen molar-refractivity contribution in [3.05, 3.63) is 58.7 Å². The number of carbonyl (C=O) groups excluding carboxylic acids is 1. The third-order valence-electron chi connectivity index (χ3n) is 4.48. The van der Waals surface area contributed by atoms with E-state index >= 15 is 0 Å². The van der Waals surface area contributed by atoms with Gasteiger partial charge in [0.05, 0.1) is 10.9 Å². The van der Waals surface area contributed by atoms with Crippen molar-refractivity contribution in [3.8, 4) is 5.69 Å². The molecule has 0 aliphatic carbocycles. The maximum absolute atomic E-state index is 12.6. The van der Waals surface area contributed by atoms with Gasteiger partial charge in [0.25, 0.3) is 0 Å². The molecule has 140 valence electrons. The van der Waals surface area contributed by atoms with E-state index in [0.717, 1.165) is 22.5 Å². The number of aryl methyl sites for hydroxylation is 4. The van der Waals surface area contributed by atoms with Crippen LogP contribution in [0.15, 0.2) is 41.6 Å². The van der Waals surface area contributed by atoms with Gasteiger partial charge in [-0.2, -0.15) is 4.68 Å². The fraction of sp³-hybridized carbons (Fsp3) is 0.300. The second kappa shape index (κ2) is 7.92. The zero-order valence-corrected chi connectivity index (χ0v) is 17.0. The quantitative estimate of drug-likeness (QED) is 0.676. The minimum atomic E-state index is -0.346. The van der Waals surface area contributed by atoms with Crippen LogP contribution in [0.3, 0.4) is 0 Å². The fourth-order valence-electron chi connectivity index (χ4n) is 2.59. The number of anilines is 1. The van der Waals surface area contributed by atoms with Crippen LogP contribution in [0.25, 0.3) is 5.69 Å². The molecule has 1 atom stereocenters. The van der Waals surface area contributed by atoms with Gasteiger partial charge in [-0.25, -0.2) is 0 Å². The molecule has 0 saturated heterocycles. The van der Waals surface area contributed by atoms with E-state index in [9.17, 15) is 4.79 Å². The molecule has 1 unspecified atom stereocenters. The van der Waals surface area contributed by atoms with E-state index in [1.807, 2.05) is 57.2 Å². The Morgan fingerprint density at radius 3 is 2.52 bits per heavy atom. The van der Waals surface area contributed by atoms with Crippen LogP contribution in [0.1, 0.15) is 29.2 Å². The van der Waals surface area contributed by atoms with Crippen molar-refractivity contribution in [2.45, 2.75) is 45.0 Å². The molecule has 0 fully saturated rings. The molecule has 0 bridgehead atoms. The highest BCUT2D eigenvalue weighted by molar-refractivity contribution is 8.00. The minimum Gasteiger partial charge on any atom is -0.325 e. The molecule has 1 amide bonds. The van der Waals surface area contributed by atoms with E-state index in [1.165, 1.54) is 22.9 Å². The summed E-state index contributed by atoms with van der Waals surface area (Å²) in [5, 5.41) is 15.2. The average molecular weight is 382 g/mol. The van der Waals surface area contributed by atoms with Gasteiger partial charge in [0.1, 0.15) is 0 Å². The Bertz CT molecular complexity index is 982. The molecule has 3 aromatic rings. The number of aromatic nitrogens is 4. The summed E-state index contributed by atoms with van der Waals surface area (Å²) in [6.07, 6.45) is 0. The summed E-state index contributed by atoms with van der Waals surface area (Å²) in [6, 6.07) is 12.1. The van der Waals surface area contributed by atoms with E-state index < -0.39 is 0 Å². The van der Waals surface area contributed by atoms with Crippen molar-refractivity contribution in [1.82, 2.24) is 20.2 Å². The smallest absolute Gasteiger partial charge is 0.237 e. The van der Waals surface area contributed by atoms with Crippen molar-refractivity contribution in [2.75, 3.05) is 5.32 Å². The summed E-state index contributed by atoms with van der Waals surface area (Å²) in [4.78, 5) is 12.6. The number of hydrogen-bond donors (Lipinski definition) is 1. The molecule has 0 radical (unpaired) electrons. The van der Waals surface area contributed by atoms with Crippen LogP contribution in [0, 0.1) is 27.7 Å². The Balaban J connectivity index is 1.75. The molecule has 0 aliphatic rings. The van der Waals surface area contributed by atoms with Crippen molar-refractivity contribution in [3.63, 3.8) is 0 Å². The number of benzene rings is 2. The number of rotatable bonds is 5. The van der Waals surface area contributed by atoms with Gasteiger partial charge in [0.15, 0.2) is 0 Å². The topological polar surface area (TPSA) is 72.7 Å². The predicted octanol–water partition coefficient (Wildman–Crippen LogP) is 4.02. The van der Waals surface area contributed by atoms with Gasteiger partial charge in [-0.1, -0.05) is 30.0 Å². The predicted molar refractivity (Wildman–Crippen MR) is 108 cm³/mol. The first-order valence-corrected chi connectivity index (χ1v) is 9.64. The van der Waals surface area contributed by atoms with Crippen LogP contribution in [0.5, 0.6) is 0 Å². The van der Waals surface area contributed by atoms with Gasteiger partial charge >= 0.3 is 0 Å². The number of amides is 1. The van der Waals surface area contributed by atoms with E-state index in [1.54, 1.807) is 4.68 Å².